The summed E-state index contributed by atoms with van der Waals surface area (Å²) in [7, 11) is 0. The number of amides is 1. The van der Waals surface area contributed by atoms with Gasteiger partial charge in [0.05, 0.1) is 17.3 Å². The molecule has 0 aliphatic carbocycles. The van der Waals surface area contributed by atoms with Gasteiger partial charge in [-0.1, -0.05) is 69.4 Å². The van der Waals surface area contributed by atoms with Crippen molar-refractivity contribution >= 4 is 67.3 Å². The standard InChI is InChI=1S/C29H21BrFN5O3S2/c1-15-5-4-12-35-16(2)22(32-26(15)35)24(37)21-23(18-6-3-7-19(30)13-18)36(27(39)25(21)38)28-33-34-29(41-28)40-14-17-8-10-20(31)11-9-17/h3-13,23,37H,14H2,1-2H3. The molecule has 6 rings (SSSR count). The van der Waals surface area contributed by atoms with Gasteiger partial charge in [-0.2, -0.15) is 0 Å². The minimum atomic E-state index is -0.958. The highest BCUT2D eigenvalue weighted by molar-refractivity contribution is 9.10. The second-order valence-electron chi connectivity index (χ2n) is 9.42. The van der Waals surface area contributed by atoms with E-state index in [1.165, 1.54) is 28.8 Å². The maximum atomic E-state index is 13.6. The number of hydrogen-bond acceptors (Lipinski definition) is 8. The number of Topliss-reactive ketones (excluding diaryl/α,β-unsaturated/α-hetero) is 1. The molecule has 1 unspecified atom stereocenters. The quantitative estimate of drug-likeness (QED) is 0.0725. The number of pyridine rings is 1. The van der Waals surface area contributed by atoms with Crippen LogP contribution in [-0.2, 0) is 15.3 Å². The van der Waals surface area contributed by atoms with Crippen LogP contribution < -0.4 is 4.90 Å². The van der Waals surface area contributed by atoms with Crippen LogP contribution in [0, 0.1) is 19.7 Å². The van der Waals surface area contributed by atoms with Gasteiger partial charge in [-0.05, 0) is 60.9 Å². The van der Waals surface area contributed by atoms with Crippen LogP contribution in [0.3, 0.4) is 0 Å². The van der Waals surface area contributed by atoms with Gasteiger partial charge < -0.3 is 9.51 Å². The number of thioether (sulfide) groups is 1. The van der Waals surface area contributed by atoms with E-state index in [9.17, 15) is 19.1 Å². The molecule has 3 aromatic heterocycles. The van der Waals surface area contributed by atoms with E-state index in [2.05, 4.69) is 31.1 Å². The van der Waals surface area contributed by atoms with Crippen LogP contribution in [0.4, 0.5) is 9.52 Å². The second-order valence-corrected chi connectivity index (χ2v) is 12.5. The number of rotatable bonds is 6. The highest BCUT2D eigenvalue weighted by atomic mass is 79.9. The summed E-state index contributed by atoms with van der Waals surface area (Å²) in [5.41, 5.74) is 3.84. The Bertz CT molecular complexity index is 1870. The summed E-state index contributed by atoms with van der Waals surface area (Å²) in [4.78, 5) is 33.0. The number of ketones is 1. The third kappa shape index (κ3) is 4.96. The molecule has 0 spiro atoms. The van der Waals surface area contributed by atoms with Crippen molar-refractivity contribution in [3.05, 3.63) is 111 Å². The number of carbonyl (C=O) groups is 2. The number of aromatic nitrogens is 4. The molecule has 1 aliphatic heterocycles. The summed E-state index contributed by atoms with van der Waals surface area (Å²) < 4.78 is 16.4. The van der Waals surface area contributed by atoms with Crippen LogP contribution in [0.2, 0.25) is 0 Å². The Morgan fingerprint density at radius 3 is 2.61 bits per heavy atom. The van der Waals surface area contributed by atoms with Gasteiger partial charge in [0, 0.05) is 16.4 Å². The molecule has 0 radical (unpaired) electrons. The summed E-state index contributed by atoms with van der Waals surface area (Å²) in [6.07, 6.45) is 1.83. The number of halogens is 2. The van der Waals surface area contributed by atoms with Crippen molar-refractivity contribution < 1.29 is 19.1 Å². The molecule has 8 nitrogen and oxygen atoms in total. The number of benzene rings is 2. The second kappa shape index (κ2) is 10.8. The minimum Gasteiger partial charge on any atom is -0.505 e. The minimum absolute atomic E-state index is 0.0759. The van der Waals surface area contributed by atoms with Crippen molar-refractivity contribution in [2.75, 3.05) is 4.90 Å². The predicted molar refractivity (Wildman–Crippen MR) is 159 cm³/mol. The topological polar surface area (TPSA) is 101 Å². The molecule has 206 valence electrons. The molecule has 1 atom stereocenters. The first-order chi connectivity index (χ1) is 19.7. The van der Waals surface area contributed by atoms with E-state index >= 15 is 0 Å². The van der Waals surface area contributed by atoms with Crippen LogP contribution in [0.5, 0.6) is 0 Å². The average molecular weight is 651 g/mol. The number of hydrogen-bond donors (Lipinski definition) is 1. The molecule has 4 heterocycles. The van der Waals surface area contributed by atoms with E-state index in [1.54, 1.807) is 37.3 Å². The molecule has 1 amide bonds. The van der Waals surface area contributed by atoms with Gasteiger partial charge in [0.2, 0.25) is 5.13 Å². The molecule has 12 heteroatoms. The van der Waals surface area contributed by atoms with Crippen LogP contribution in [0.15, 0.2) is 81.2 Å². The third-order valence-corrected chi connectivity index (χ3v) is 9.41. The zero-order valence-electron chi connectivity index (χ0n) is 21.7. The van der Waals surface area contributed by atoms with Crippen molar-refractivity contribution in [2.45, 2.75) is 30.0 Å². The van der Waals surface area contributed by atoms with Crippen LogP contribution >= 0.6 is 39.0 Å². The maximum absolute atomic E-state index is 13.6. The fraction of sp³-hybridized carbons (Fsp3) is 0.138. The van der Waals surface area contributed by atoms with E-state index in [0.717, 1.165) is 26.9 Å². The van der Waals surface area contributed by atoms with Gasteiger partial charge in [-0.15, -0.1) is 10.2 Å². The first kappa shape index (κ1) is 27.3. The predicted octanol–water partition coefficient (Wildman–Crippen LogP) is 6.62. The summed E-state index contributed by atoms with van der Waals surface area (Å²) in [6, 6.07) is 16.2. The molecular formula is C29H21BrFN5O3S2. The SMILES string of the molecule is Cc1cccn2c(C)c(C(O)=C3C(=O)C(=O)N(c4nnc(SCc5ccc(F)cc5)s4)C3c3cccc(Br)c3)nc12. The first-order valence-electron chi connectivity index (χ1n) is 12.4. The normalized spacial score (nSPS) is 16.7. The lowest BCUT2D eigenvalue weighted by atomic mass is 9.96. The van der Waals surface area contributed by atoms with E-state index in [1.807, 2.05) is 35.7 Å². The van der Waals surface area contributed by atoms with Crippen molar-refractivity contribution in [1.82, 2.24) is 19.6 Å². The molecule has 2 aromatic carbocycles. The van der Waals surface area contributed by atoms with Gasteiger partial charge >= 0.3 is 5.91 Å². The van der Waals surface area contributed by atoms with Crippen LogP contribution in [-0.4, -0.2) is 36.4 Å². The fourth-order valence-corrected chi connectivity index (χ4v) is 7.02. The molecule has 0 saturated carbocycles. The largest absolute Gasteiger partial charge is 0.505 e. The average Bonchev–Trinajstić information content (AvgIpc) is 3.63. The van der Waals surface area contributed by atoms with Gasteiger partial charge in [0.1, 0.15) is 17.2 Å². The zero-order chi connectivity index (χ0) is 28.8. The third-order valence-electron chi connectivity index (χ3n) is 6.79. The van der Waals surface area contributed by atoms with Gasteiger partial charge in [0.15, 0.2) is 10.1 Å². The fourth-order valence-electron chi connectivity index (χ4n) is 4.78. The summed E-state index contributed by atoms with van der Waals surface area (Å²) in [6.45, 7) is 3.71. The lowest BCUT2D eigenvalue weighted by molar-refractivity contribution is -0.132. The number of nitrogens with zero attached hydrogens (tertiary/aromatic N) is 5. The highest BCUT2D eigenvalue weighted by Crippen LogP contribution is 2.44. The van der Waals surface area contributed by atoms with Crippen molar-refractivity contribution in [3.63, 3.8) is 0 Å². The Labute approximate surface area is 250 Å². The van der Waals surface area contributed by atoms with Gasteiger partial charge in [-0.3, -0.25) is 14.5 Å². The lowest BCUT2D eigenvalue weighted by Gasteiger charge is -2.22. The van der Waals surface area contributed by atoms with E-state index < -0.39 is 17.7 Å². The number of anilines is 1. The Morgan fingerprint density at radius 2 is 1.88 bits per heavy atom. The molecular weight excluding hydrogens is 629 g/mol. The Morgan fingerprint density at radius 1 is 1.10 bits per heavy atom. The van der Waals surface area contributed by atoms with Crippen molar-refractivity contribution in [3.8, 4) is 0 Å². The Hall–Kier alpha value is -3.87. The zero-order valence-corrected chi connectivity index (χ0v) is 24.9. The van der Waals surface area contributed by atoms with E-state index in [0.29, 0.717) is 27.0 Å². The number of carbonyl (C=O) groups excluding carboxylic acids is 2. The molecule has 5 aromatic rings. The maximum Gasteiger partial charge on any atom is 0.301 e. The van der Waals surface area contributed by atoms with Gasteiger partial charge in [0.25, 0.3) is 5.78 Å². The van der Waals surface area contributed by atoms with Gasteiger partial charge in [-0.25, -0.2) is 9.37 Å². The Balaban J connectivity index is 1.43. The first-order valence-corrected chi connectivity index (χ1v) is 15.0. The molecule has 1 fully saturated rings. The lowest BCUT2D eigenvalue weighted by Crippen LogP contribution is -2.29. The molecule has 1 N–H and O–H groups in total. The highest BCUT2D eigenvalue weighted by Gasteiger charge is 2.49. The van der Waals surface area contributed by atoms with Crippen molar-refractivity contribution in [1.29, 1.82) is 0 Å². The number of aliphatic hydroxyl groups excluding tert-OH is 1. The number of imidazole rings is 1. The molecule has 1 saturated heterocycles. The van der Waals surface area contributed by atoms with Crippen LogP contribution in [0.25, 0.3) is 11.4 Å². The van der Waals surface area contributed by atoms with Crippen LogP contribution in [0.1, 0.15) is 34.1 Å². The van der Waals surface area contributed by atoms with E-state index in [-0.39, 0.29) is 28.0 Å². The number of aryl methyl sites for hydroxylation is 2. The van der Waals surface area contributed by atoms with E-state index in [4.69, 9.17) is 0 Å². The monoisotopic (exact) mass is 649 g/mol. The summed E-state index contributed by atoms with van der Waals surface area (Å²) >= 11 is 6.03. The molecule has 41 heavy (non-hydrogen) atoms. The summed E-state index contributed by atoms with van der Waals surface area (Å²) in [5, 5.41) is 20.3. The number of fused-ring (bicyclic) bond motifs is 1. The Kier molecular flexibility index (Phi) is 7.22. The number of aliphatic hydroxyl groups is 1. The smallest absolute Gasteiger partial charge is 0.301 e. The van der Waals surface area contributed by atoms with Crippen molar-refractivity contribution in [2.24, 2.45) is 0 Å². The molecule has 1 aliphatic rings. The molecule has 0 bridgehead atoms. The summed E-state index contributed by atoms with van der Waals surface area (Å²) in [5.74, 6) is -1.80.